The molecule has 0 unspecified atom stereocenters. The summed E-state index contributed by atoms with van der Waals surface area (Å²) in [5, 5.41) is 8.63. The SMILES string of the molecule is O=C(O)c1cc(CCl)ncc1C(F)F. The van der Waals surface area contributed by atoms with Crippen molar-refractivity contribution < 1.29 is 18.7 Å². The third-order valence-corrected chi connectivity index (χ3v) is 1.87. The normalized spacial score (nSPS) is 10.6. The molecule has 76 valence electrons. The van der Waals surface area contributed by atoms with E-state index in [1.165, 1.54) is 0 Å². The second-order valence-electron chi connectivity index (χ2n) is 2.50. The van der Waals surface area contributed by atoms with Gasteiger partial charge in [0, 0.05) is 6.20 Å². The van der Waals surface area contributed by atoms with Crippen LogP contribution in [0.5, 0.6) is 0 Å². The highest BCUT2D eigenvalue weighted by molar-refractivity contribution is 6.16. The number of carboxylic acid groups (broad SMARTS) is 1. The van der Waals surface area contributed by atoms with E-state index in [4.69, 9.17) is 16.7 Å². The lowest BCUT2D eigenvalue weighted by Gasteiger charge is -2.05. The first-order valence-corrected chi connectivity index (χ1v) is 4.16. The second-order valence-corrected chi connectivity index (χ2v) is 2.77. The van der Waals surface area contributed by atoms with Crippen molar-refractivity contribution in [2.45, 2.75) is 12.3 Å². The number of alkyl halides is 3. The Morgan fingerprint density at radius 3 is 2.71 bits per heavy atom. The van der Waals surface area contributed by atoms with E-state index in [9.17, 15) is 13.6 Å². The molecule has 0 spiro atoms. The molecule has 14 heavy (non-hydrogen) atoms. The quantitative estimate of drug-likeness (QED) is 0.798. The van der Waals surface area contributed by atoms with Gasteiger partial charge in [-0.25, -0.2) is 13.6 Å². The molecule has 1 heterocycles. The fourth-order valence-corrected chi connectivity index (χ4v) is 1.09. The topological polar surface area (TPSA) is 50.2 Å². The monoisotopic (exact) mass is 221 g/mol. The fourth-order valence-electron chi connectivity index (χ4n) is 0.941. The zero-order chi connectivity index (χ0) is 10.7. The first-order valence-electron chi connectivity index (χ1n) is 3.62. The van der Waals surface area contributed by atoms with Crippen LogP contribution in [0.15, 0.2) is 12.3 Å². The summed E-state index contributed by atoms with van der Waals surface area (Å²) in [5.74, 6) is -1.42. The standard InChI is InChI=1S/C8H6ClF2NO2/c9-2-4-1-5(8(13)14)6(3-12-4)7(10)11/h1,3,7H,2H2,(H,13,14). The highest BCUT2D eigenvalue weighted by Crippen LogP contribution is 2.23. The lowest BCUT2D eigenvalue weighted by molar-refractivity contribution is 0.0684. The van der Waals surface area contributed by atoms with Crippen molar-refractivity contribution in [3.8, 4) is 0 Å². The average molecular weight is 222 g/mol. The van der Waals surface area contributed by atoms with Gasteiger partial charge in [0.1, 0.15) is 0 Å². The Balaban J connectivity index is 3.24. The maximum atomic E-state index is 12.3. The first-order chi connectivity index (χ1) is 6.56. The summed E-state index contributed by atoms with van der Waals surface area (Å²) in [4.78, 5) is 14.2. The van der Waals surface area contributed by atoms with Crippen LogP contribution in [0.3, 0.4) is 0 Å². The number of aromatic carboxylic acids is 1. The Morgan fingerprint density at radius 2 is 2.29 bits per heavy atom. The molecule has 1 N–H and O–H groups in total. The van der Waals surface area contributed by atoms with Gasteiger partial charge in [0.05, 0.1) is 22.7 Å². The molecule has 0 aliphatic rings. The average Bonchev–Trinajstić information content (AvgIpc) is 2.16. The van der Waals surface area contributed by atoms with Crippen LogP contribution < -0.4 is 0 Å². The molecule has 0 saturated carbocycles. The molecule has 6 heteroatoms. The van der Waals surface area contributed by atoms with Crippen molar-refractivity contribution in [1.82, 2.24) is 4.98 Å². The number of halogens is 3. The number of aromatic nitrogens is 1. The molecule has 1 aromatic rings. The van der Waals surface area contributed by atoms with E-state index < -0.39 is 23.5 Å². The predicted octanol–water partition coefficient (Wildman–Crippen LogP) is 2.46. The zero-order valence-electron chi connectivity index (χ0n) is 6.88. The summed E-state index contributed by atoms with van der Waals surface area (Å²) in [5.41, 5.74) is -0.787. The van der Waals surface area contributed by atoms with E-state index in [-0.39, 0.29) is 11.6 Å². The molecule has 3 nitrogen and oxygen atoms in total. The van der Waals surface area contributed by atoms with E-state index in [0.29, 0.717) is 0 Å². The lowest BCUT2D eigenvalue weighted by Crippen LogP contribution is -2.05. The minimum Gasteiger partial charge on any atom is -0.478 e. The summed E-state index contributed by atoms with van der Waals surface area (Å²) >= 11 is 5.39. The lowest BCUT2D eigenvalue weighted by atomic mass is 10.1. The maximum absolute atomic E-state index is 12.3. The highest BCUT2D eigenvalue weighted by atomic mass is 35.5. The molecule has 0 radical (unpaired) electrons. The third kappa shape index (κ3) is 2.17. The van der Waals surface area contributed by atoms with E-state index in [1.807, 2.05) is 0 Å². The predicted molar refractivity (Wildman–Crippen MR) is 45.7 cm³/mol. The Morgan fingerprint density at radius 1 is 1.64 bits per heavy atom. The van der Waals surface area contributed by atoms with E-state index in [1.54, 1.807) is 0 Å². The van der Waals surface area contributed by atoms with Crippen molar-refractivity contribution in [3.05, 3.63) is 29.1 Å². The van der Waals surface area contributed by atoms with Gasteiger partial charge in [-0.3, -0.25) is 4.98 Å². The molecule has 0 saturated heterocycles. The van der Waals surface area contributed by atoms with Crippen molar-refractivity contribution in [2.24, 2.45) is 0 Å². The number of nitrogens with zero attached hydrogens (tertiary/aromatic N) is 1. The summed E-state index contributed by atoms with van der Waals surface area (Å²) in [7, 11) is 0. The van der Waals surface area contributed by atoms with Gasteiger partial charge in [0.15, 0.2) is 0 Å². The van der Waals surface area contributed by atoms with Gasteiger partial charge < -0.3 is 5.11 Å². The third-order valence-electron chi connectivity index (χ3n) is 1.59. The van der Waals surface area contributed by atoms with Gasteiger partial charge in [0.2, 0.25) is 0 Å². The fraction of sp³-hybridized carbons (Fsp3) is 0.250. The molecule has 0 atom stereocenters. The zero-order valence-corrected chi connectivity index (χ0v) is 7.63. The van der Waals surface area contributed by atoms with Crippen LogP contribution in [0, 0.1) is 0 Å². The van der Waals surface area contributed by atoms with Crippen LogP contribution in [0.25, 0.3) is 0 Å². The van der Waals surface area contributed by atoms with Crippen LogP contribution in [0.2, 0.25) is 0 Å². The van der Waals surface area contributed by atoms with Crippen LogP contribution in [-0.4, -0.2) is 16.1 Å². The minimum atomic E-state index is -2.85. The molecule has 0 aliphatic heterocycles. The van der Waals surface area contributed by atoms with Crippen LogP contribution in [0.1, 0.15) is 28.0 Å². The Labute approximate surface area is 83.3 Å². The van der Waals surface area contributed by atoms with E-state index in [2.05, 4.69) is 4.98 Å². The molecule has 0 aromatic carbocycles. The molecule has 0 bridgehead atoms. The van der Waals surface area contributed by atoms with Crippen LogP contribution in [0.4, 0.5) is 8.78 Å². The Bertz CT molecular complexity index is 357. The van der Waals surface area contributed by atoms with Crippen molar-refractivity contribution in [1.29, 1.82) is 0 Å². The number of hydrogen-bond acceptors (Lipinski definition) is 2. The number of rotatable bonds is 3. The van der Waals surface area contributed by atoms with Crippen molar-refractivity contribution in [2.75, 3.05) is 0 Å². The summed E-state index contributed by atoms with van der Waals surface area (Å²) in [6.07, 6.45) is -2.01. The molecule has 0 amide bonds. The Hall–Kier alpha value is -1.23. The number of carbonyl (C=O) groups is 1. The van der Waals surface area contributed by atoms with Gasteiger partial charge in [-0.2, -0.15) is 0 Å². The van der Waals surface area contributed by atoms with Gasteiger partial charge >= 0.3 is 5.97 Å². The summed E-state index contributed by atoms with van der Waals surface area (Å²) < 4.78 is 24.6. The van der Waals surface area contributed by atoms with E-state index in [0.717, 1.165) is 12.3 Å². The molecule has 0 aliphatic carbocycles. The smallest absolute Gasteiger partial charge is 0.336 e. The summed E-state index contributed by atoms with van der Waals surface area (Å²) in [6.45, 7) is 0. The van der Waals surface area contributed by atoms with E-state index >= 15 is 0 Å². The first kappa shape index (κ1) is 10.8. The second kappa shape index (κ2) is 4.32. The molecule has 1 aromatic heterocycles. The molecule has 1 rings (SSSR count). The van der Waals surface area contributed by atoms with Crippen LogP contribution in [-0.2, 0) is 5.88 Å². The number of carboxylic acids is 1. The number of pyridine rings is 1. The van der Waals surface area contributed by atoms with Crippen molar-refractivity contribution in [3.63, 3.8) is 0 Å². The highest BCUT2D eigenvalue weighted by Gasteiger charge is 2.18. The van der Waals surface area contributed by atoms with Crippen LogP contribution >= 0.6 is 11.6 Å². The maximum Gasteiger partial charge on any atom is 0.336 e. The largest absolute Gasteiger partial charge is 0.478 e. The number of hydrogen-bond donors (Lipinski definition) is 1. The van der Waals surface area contributed by atoms with Gasteiger partial charge in [-0.15, -0.1) is 11.6 Å². The van der Waals surface area contributed by atoms with Gasteiger partial charge in [-0.05, 0) is 6.07 Å². The molecule has 0 fully saturated rings. The van der Waals surface area contributed by atoms with Gasteiger partial charge in [0.25, 0.3) is 6.43 Å². The molecular formula is C8H6ClF2NO2. The summed E-state index contributed by atoms with van der Waals surface area (Å²) in [6, 6.07) is 1.05. The minimum absolute atomic E-state index is 0.0101. The molecular weight excluding hydrogens is 216 g/mol. The van der Waals surface area contributed by atoms with Crippen molar-refractivity contribution >= 4 is 17.6 Å². The Kier molecular flexibility index (Phi) is 3.35. The van der Waals surface area contributed by atoms with Gasteiger partial charge in [-0.1, -0.05) is 0 Å².